The summed E-state index contributed by atoms with van der Waals surface area (Å²) < 4.78 is 0. The first-order chi connectivity index (χ1) is 15.6. The van der Waals surface area contributed by atoms with Crippen molar-refractivity contribution in [2.24, 2.45) is 5.92 Å². The van der Waals surface area contributed by atoms with E-state index < -0.39 is 5.60 Å². The van der Waals surface area contributed by atoms with Gasteiger partial charge in [0.2, 0.25) is 5.91 Å². The van der Waals surface area contributed by atoms with Crippen LogP contribution in [0.1, 0.15) is 46.4 Å². The Morgan fingerprint density at radius 1 is 1.21 bits per heavy atom. The zero-order chi connectivity index (χ0) is 23.8. The van der Waals surface area contributed by atoms with Crippen molar-refractivity contribution < 1.29 is 9.90 Å². The largest absolute Gasteiger partial charge is 0.382 e. The summed E-state index contributed by atoms with van der Waals surface area (Å²) in [4.78, 5) is 26.9. The van der Waals surface area contributed by atoms with Crippen molar-refractivity contribution >= 4 is 34.1 Å². The van der Waals surface area contributed by atoms with Gasteiger partial charge < -0.3 is 15.3 Å². The fourth-order valence-electron chi connectivity index (χ4n) is 4.34. The van der Waals surface area contributed by atoms with Gasteiger partial charge in [0.05, 0.1) is 16.2 Å². The van der Waals surface area contributed by atoms with Crippen LogP contribution in [0.4, 0.5) is 5.69 Å². The first kappa shape index (κ1) is 23.4. The molecule has 2 N–H and O–H groups in total. The van der Waals surface area contributed by atoms with Crippen LogP contribution in [0.3, 0.4) is 0 Å². The number of carbonyl (C=O) groups excluding carboxylic acids is 1. The summed E-state index contributed by atoms with van der Waals surface area (Å²) in [6.45, 7) is 8.67. The van der Waals surface area contributed by atoms with E-state index >= 15 is 0 Å². The number of rotatable bonds is 5. The van der Waals surface area contributed by atoms with Crippen LogP contribution in [-0.2, 0) is 10.4 Å². The monoisotopic (exact) mass is 467 g/mol. The third-order valence-corrected chi connectivity index (χ3v) is 6.62. The second-order valence-corrected chi connectivity index (χ2v) is 9.77. The van der Waals surface area contributed by atoms with Gasteiger partial charge in [0.1, 0.15) is 5.60 Å². The Kier molecular flexibility index (Phi) is 6.54. The lowest BCUT2D eigenvalue weighted by molar-refractivity contribution is -0.130. The van der Waals surface area contributed by atoms with Crippen molar-refractivity contribution in [3.8, 4) is 11.1 Å². The highest BCUT2D eigenvalue weighted by Crippen LogP contribution is 2.34. The quantitative estimate of drug-likeness (QED) is 0.568. The Balaban J connectivity index is 1.64. The summed E-state index contributed by atoms with van der Waals surface area (Å²) in [5.74, 6) is 0.842. The van der Waals surface area contributed by atoms with Gasteiger partial charge in [-0.05, 0) is 57.2 Å². The summed E-state index contributed by atoms with van der Waals surface area (Å²) >= 11 is 6.59. The lowest BCUT2D eigenvalue weighted by Crippen LogP contribution is -2.43. The summed E-state index contributed by atoms with van der Waals surface area (Å²) in [5.41, 5.74) is 2.35. The Hall–Kier alpha value is -2.77. The van der Waals surface area contributed by atoms with Gasteiger partial charge in [0, 0.05) is 55.6 Å². The van der Waals surface area contributed by atoms with Crippen LogP contribution in [-0.4, -0.2) is 50.0 Å². The van der Waals surface area contributed by atoms with Crippen LogP contribution in [0, 0.1) is 5.92 Å². The second-order valence-electron chi connectivity index (χ2n) is 9.37. The summed E-state index contributed by atoms with van der Waals surface area (Å²) in [7, 11) is 0. The number of benzene rings is 1. The van der Waals surface area contributed by atoms with Gasteiger partial charge in [-0.1, -0.05) is 17.7 Å². The molecule has 1 unspecified atom stereocenters. The highest BCUT2D eigenvalue weighted by molar-refractivity contribution is 6.34. The molecule has 1 aromatic carbocycles. The van der Waals surface area contributed by atoms with E-state index in [2.05, 4.69) is 27.2 Å². The van der Waals surface area contributed by atoms with Gasteiger partial charge in [-0.2, -0.15) is 0 Å². The molecule has 2 aromatic heterocycles. The van der Waals surface area contributed by atoms with E-state index in [0.29, 0.717) is 16.8 Å². The van der Waals surface area contributed by atoms with E-state index in [4.69, 9.17) is 11.6 Å². The minimum absolute atomic E-state index is 0.127. The predicted molar refractivity (Wildman–Crippen MR) is 131 cm³/mol. The van der Waals surface area contributed by atoms with Crippen molar-refractivity contribution in [1.29, 1.82) is 0 Å². The van der Waals surface area contributed by atoms with Crippen molar-refractivity contribution in [3.05, 3.63) is 47.6 Å². The summed E-state index contributed by atoms with van der Waals surface area (Å²) in [6.07, 6.45) is 7.17. The molecule has 1 aliphatic heterocycles. The maximum atomic E-state index is 11.9. The number of amides is 1. The third kappa shape index (κ3) is 5.09. The van der Waals surface area contributed by atoms with Crippen molar-refractivity contribution in [2.45, 2.75) is 52.2 Å². The van der Waals surface area contributed by atoms with E-state index in [1.807, 2.05) is 23.1 Å². The zero-order valence-electron chi connectivity index (χ0n) is 19.5. The fraction of sp³-hybridized carbons (Fsp3) is 0.440. The molecule has 1 saturated heterocycles. The number of hydrogen-bond donors (Lipinski definition) is 2. The average Bonchev–Trinajstić information content (AvgIpc) is 2.80. The van der Waals surface area contributed by atoms with Gasteiger partial charge in [0.15, 0.2) is 5.82 Å². The topological polar surface area (TPSA) is 91.2 Å². The molecule has 174 valence electrons. The molecule has 0 saturated carbocycles. The van der Waals surface area contributed by atoms with Gasteiger partial charge in [0.25, 0.3) is 0 Å². The molecule has 0 bridgehead atoms. The molecule has 1 amide bonds. The molecular weight excluding hydrogens is 438 g/mol. The molecule has 2 atom stereocenters. The maximum Gasteiger partial charge on any atom is 0.219 e. The summed E-state index contributed by atoms with van der Waals surface area (Å²) in [6, 6.07) is 6.10. The number of carbonyl (C=O) groups is 1. The lowest BCUT2D eigenvalue weighted by atomic mass is 9.91. The standard InChI is InChI=1S/C25H30ClN5O2/c1-15(18-6-5-9-31(14-18)16(2)32)30-23-20-10-17(7-8-22(20)27-13-21(23)26)19-11-28-24(29-12-19)25(3,4)33/h7-8,10-13,15,18,33H,5-6,9,14H2,1-4H3,(H,27,30)/t15?,18-/m1/s1. The Bertz CT molecular complexity index is 1160. The SMILES string of the molecule is CC(=O)N1CCC[C@@H](C(C)Nc2c(Cl)cnc3ccc(-c4cnc(C(C)(C)O)nc4)cc23)C1. The number of hydrogen-bond acceptors (Lipinski definition) is 6. The van der Waals surface area contributed by atoms with Crippen molar-refractivity contribution in [2.75, 3.05) is 18.4 Å². The van der Waals surface area contributed by atoms with Crippen molar-refractivity contribution in [3.63, 3.8) is 0 Å². The predicted octanol–water partition coefficient (Wildman–Crippen LogP) is 4.63. The third-order valence-electron chi connectivity index (χ3n) is 6.34. The minimum atomic E-state index is -1.09. The first-order valence-corrected chi connectivity index (χ1v) is 11.7. The van der Waals surface area contributed by atoms with Crippen LogP contribution in [0.25, 0.3) is 22.0 Å². The highest BCUT2D eigenvalue weighted by atomic mass is 35.5. The number of halogens is 1. The van der Waals surface area contributed by atoms with Gasteiger partial charge >= 0.3 is 0 Å². The van der Waals surface area contributed by atoms with Crippen LogP contribution in [0.2, 0.25) is 5.02 Å². The number of aliphatic hydroxyl groups is 1. The molecule has 0 aliphatic carbocycles. The molecule has 1 fully saturated rings. The molecule has 1 aliphatic rings. The molecule has 7 nitrogen and oxygen atoms in total. The Labute approximate surface area is 199 Å². The van der Waals surface area contributed by atoms with E-state index in [-0.39, 0.29) is 11.9 Å². The fourth-order valence-corrected chi connectivity index (χ4v) is 4.54. The number of anilines is 1. The first-order valence-electron chi connectivity index (χ1n) is 11.3. The van der Waals surface area contributed by atoms with E-state index in [0.717, 1.165) is 53.6 Å². The molecule has 0 radical (unpaired) electrons. The zero-order valence-corrected chi connectivity index (χ0v) is 20.2. The number of nitrogens with zero attached hydrogens (tertiary/aromatic N) is 4. The maximum absolute atomic E-state index is 11.9. The second kappa shape index (κ2) is 9.23. The number of piperidine rings is 1. The van der Waals surface area contributed by atoms with E-state index in [1.54, 1.807) is 39.4 Å². The average molecular weight is 468 g/mol. The molecule has 3 heterocycles. The van der Waals surface area contributed by atoms with Crippen LogP contribution in [0.15, 0.2) is 36.8 Å². The van der Waals surface area contributed by atoms with E-state index in [9.17, 15) is 9.90 Å². The lowest BCUT2D eigenvalue weighted by Gasteiger charge is -2.36. The van der Waals surface area contributed by atoms with Crippen LogP contribution in [0.5, 0.6) is 0 Å². The molecule has 33 heavy (non-hydrogen) atoms. The number of likely N-dealkylation sites (tertiary alicyclic amines) is 1. The number of aromatic nitrogens is 3. The molecule has 0 spiro atoms. The number of pyridine rings is 1. The molecule has 4 rings (SSSR count). The normalized spacial score (nSPS) is 17.8. The molecule has 3 aromatic rings. The summed E-state index contributed by atoms with van der Waals surface area (Å²) in [5, 5.41) is 15.2. The van der Waals surface area contributed by atoms with E-state index in [1.165, 1.54) is 0 Å². The highest BCUT2D eigenvalue weighted by Gasteiger charge is 2.27. The molecule has 8 heteroatoms. The van der Waals surface area contributed by atoms with Gasteiger partial charge in [-0.25, -0.2) is 9.97 Å². The molecular formula is C25H30ClN5O2. The van der Waals surface area contributed by atoms with Gasteiger partial charge in [-0.3, -0.25) is 9.78 Å². The Morgan fingerprint density at radius 2 is 1.94 bits per heavy atom. The number of fused-ring (bicyclic) bond motifs is 1. The van der Waals surface area contributed by atoms with Gasteiger partial charge in [-0.15, -0.1) is 0 Å². The Morgan fingerprint density at radius 3 is 2.61 bits per heavy atom. The number of nitrogens with one attached hydrogen (secondary N) is 1. The van der Waals surface area contributed by atoms with Crippen LogP contribution < -0.4 is 5.32 Å². The van der Waals surface area contributed by atoms with Crippen molar-refractivity contribution in [1.82, 2.24) is 19.9 Å². The smallest absolute Gasteiger partial charge is 0.219 e. The van der Waals surface area contributed by atoms with Crippen LogP contribution >= 0.6 is 11.6 Å². The minimum Gasteiger partial charge on any atom is -0.382 e.